The average Bonchev–Trinajstić information content (AvgIpc) is 3.10. The first kappa shape index (κ1) is 16.8. The minimum atomic E-state index is -0.0794. The van der Waals surface area contributed by atoms with Crippen LogP contribution in [0.4, 0.5) is 5.69 Å². The van der Waals surface area contributed by atoms with Gasteiger partial charge in [0.2, 0.25) is 5.91 Å². The lowest BCUT2D eigenvalue weighted by Crippen LogP contribution is -2.14. The Morgan fingerprint density at radius 3 is 2.73 bits per heavy atom. The zero-order valence-corrected chi connectivity index (χ0v) is 15.3. The van der Waals surface area contributed by atoms with Crippen LogP contribution in [0.3, 0.4) is 0 Å². The van der Waals surface area contributed by atoms with E-state index in [-0.39, 0.29) is 12.3 Å². The van der Waals surface area contributed by atoms with Crippen molar-refractivity contribution >= 4 is 45.3 Å². The number of thiazole rings is 1. The summed E-state index contributed by atoms with van der Waals surface area (Å²) in [5.74, 6) is -0.0794. The van der Waals surface area contributed by atoms with Crippen LogP contribution in [0.15, 0.2) is 72.1 Å². The molecule has 0 spiro atoms. The molecule has 0 atom stereocenters. The molecule has 1 aromatic heterocycles. The van der Waals surface area contributed by atoms with Crippen molar-refractivity contribution < 1.29 is 4.79 Å². The lowest BCUT2D eigenvalue weighted by Gasteiger charge is -2.08. The number of nitrogens with one attached hydrogen (secondary N) is 1. The molecule has 0 bridgehead atoms. The number of halogens is 1. The van der Waals surface area contributed by atoms with Gasteiger partial charge >= 0.3 is 0 Å². The van der Waals surface area contributed by atoms with Gasteiger partial charge in [0.15, 0.2) is 0 Å². The van der Waals surface area contributed by atoms with Crippen molar-refractivity contribution in [2.45, 2.75) is 6.42 Å². The van der Waals surface area contributed by atoms with E-state index >= 15 is 0 Å². The fourth-order valence-corrected chi connectivity index (χ4v) is 3.84. The average molecular weight is 379 g/mol. The van der Waals surface area contributed by atoms with Crippen molar-refractivity contribution in [1.29, 1.82) is 0 Å². The predicted octanol–water partition coefficient (Wildman–Crippen LogP) is 5.80. The fraction of sp³-hybridized carbons (Fsp3) is 0.0476. The van der Waals surface area contributed by atoms with Crippen LogP contribution in [0.5, 0.6) is 0 Å². The number of amides is 1. The van der Waals surface area contributed by atoms with Gasteiger partial charge in [-0.25, -0.2) is 4.98 Å². The van der Waals surface area contributed by atoms with Gasteiger partial charge in [0.1, 0.15) is 5.01 Å². The summed E-state index contributed by atoms with van der Waals surface area (Å²) < 4.78 is 0. The second-order valence-corrected chi connectivity index (χ2v) is 7.20. The van der Waals surface area contributed by atoms with Crippen LogP contribution in [-0.2, 0) is 11.2 Å². The van der Waals surface area contributed by atoms with Crippen molar-refractivity contribution in [3.05, 3.63) is 82.8 Å². The van der Waals surface area contributed by atoms with E-state index in [0.29, 0.717) is 5.02 Å². The molecule has 0 radical (unpaired) electrons. The van der Waals surface area contributed by atoms with E-state index in [2.05, 4.69) is 10.3 Å². The summed E-state index contributed by atoms with van der Waals surface area (Å²) in [6.45, 7) is 0. The van der Waals surface area contributed by atoms with Gasteiger partial charge in [0.25, 0.3) is 0 Å². The molecule has 1 heterocycles. The lowest BCUT2D eigenvalue weighted by atomic mass is 10.1. The molecule has 0 unspecified atom stereocenters. The van der Waals surface area contributed by atoms with Crippen LogP contribution in [0.2, 0.25) is 5.02 Å². The minimum Gasteiger partial charge on any atom is -0.325 e. The first-order valence-electron chi connectivity index (χ1n) is 8.17. The Labute approximate surface area is 160 Å². The highest BCUT2D eigenvalue weighted by Gasteiger charge is 2.11. The molecule has 4 aromatic rings. The van der Waals surface area contributed by atoms with Crippen molar-refractivity contribution in [2.24, 2.45) is 0 Å². The molecule has 3 nitrogen and oxygen atoms in total. The van der Waals surface area contributed by atoms with Gasteiger partial charge in [0, 0.05) is 27.0 Å². The summed E-state index contributed by atoms with van der Waals surface area (Å²) in [5.41, 5.74) is 2.53. The minimum absolute atomic E-state index is 0.0794. The second kappa shape index (κ2) is 7.28. The molecule has 0 aliphatic carbocycles. The number of rotatable bonds is 4. The first-order chi connectivity index (χ1) is 12.7. The van der Waals surface area contributed by atoms with Crippen LogP contribution in [0.1, 0.15) is 5.69 Å². The van der Waals surface area contributed by atoms with Gasteiger partial charge in [-0.15, -0.1) is 11.3 Å². The number of hydrogen-bond donors (Lipinski definition) is 1. The highest BCUT2D eigenvalue weighted by atomic mass is 35.5. The fourth-order valence-electron chi connectivity index (χ4n) is 2.84. The van der Waals surface area contributed by atoms with E-state index in [1.807, 2.05) is 72.1 Å². The molecule has 0 saturated carbocycles. The number of nitrogens with zero attached hydrogens (tertiary/aromatic N) is 1. The molecular formula is C21H15ClN2OS. The topological polar surface area (TPSA) is 42.0 Å². The van der Waals surface area contributed by atoms with Crippen molar-refractivity contribution in [2.75, 3.05) is 5.32 Å². The Hall–Kier alpha value is -2.69. The lowest BCUT2D eigenvalue weighted by molar-refractivity contribution is -0.115. The smallest absolute Gasteiger partial charge is 0.230 e. The SMILES string of the molecule is O=C(Cc1csc(-c2cccc(Cl)c2)n1)Nc1cccc2ccccc12. The first-order valence-corrected chi connectivity index (χ1v) is 9.43. The molecule has 3 aromatic carbocycles. The third-order valence-corrected chi connectivity index (χ3v) is 5.20. The van der Waals surface area contributed by atoms with Crippen molar-refractivity contribution in [3.8, 4) is 10.6 Å². The standard InChI is InChI=1S/C21H15ClN2OS/c22-16-8-3-7-15(11-16)21-23-17(13-26-21)12-20(25)24-19-10-4-6-14-5-1-2-9-18(14)19/h1-11,13H,12H2,(H,24,25). The third kappa shape index (κ3) is 3.62. The van der Waals surface area contributed by atoms with Crippen LogP contribution < -0.4 is 5.32 Å². The number of benzene rings is 3. The van der Waals surface area contributed by atoms with E-state index < -0.39 is 0 Å². The summed E-state index contributed by atoms with van der Waals surface area (Å²) in [4.78, 5) is 17.0. The molecule has 0 fully saturated rings. The number of hydrogen-bond acceptors (Lipinski definition) is 3. The summed E-state index contributed by atoms with van der Waals surface area (Å²) in [6.07, 6.45) is 0.236. The van der Waals surface area contributed by atoms with Crippen LogP contribution in [0.25, 0.3) is 21.3 Å². The van der Waals surface area contributed by atoms with Gasteiger partial charge in [0.05, 0.1) is 12.1 Å². The van der Waals surface area contributed by atoms with Gasteiger partial charge in [-0.2, -0.15) is 0 Å². The summed E-state index contributed by atoms with van der Waals surface area (Å²) in [5, 5.41) is 8.58. The second-order valence-electron chi connectivity index (χ2n) is 5.91. The zero-order valence-electron chi connectivity index (χ0n) is 13.8. The van der Waals surface area contributed by atoms with Crippen LogP contribution in [0, 0.1) is 0 Å². The zero-order chi connectivity index (χ0) is 17.9. The predicted molar refractivity (Wildman–Crippen MR) is 109 cm³/mol. The maximum absolute atomic E-state index is 12.5. The molecule has 1 amide bonds. The highest BCUT2D eigenvalue weighted by molar-refractivity contribution is 7.13. The van der Waals surface area contributed by atoms with E-state index in [1.54, 1.807) is 0 Å². The number of anilines is 1. The summed E-state index contributed by atoms with van der Waals surface area (Å²) >= 11 is 7.55. The van der Waals surface area contributed by atoms with Crippen LogP contribution >= 0.6 is 22.9 Å². The Morgan fingerprint density at radius 1 is 1.04 bits per heavy atom. The van der Waals surface area contributed by atoms with Gasteiger partial charge in [-0.05, 0) is 23.6 Å². The quantitative estimate of drug-likeness (QED) is 0.487. The number of carbonyl (C=O) groups is 1. The number of fused-ring (bicyclic) bond motifs is 1. The Morgan fingerprint density at radius 2 is 1.85 bits per heavy atom. The van der Waals surface area contributed by atoms with Gasteiger partial charge in [-0.1, -0.05) is 60.1 Å². The molecule has 1 N–H and O–H groups in total. The Bertz CT molecular complexity index is 1080. The maximum atomic E-state index is 12.5. The molecule has 128 valence electrons. The maximum Gasteiger partial charge on any atom is 0.230 e. The summed E-state index contributed by atoms with van der Waals surface area (Å²) in [6, 6.07) is 21.4. The largest absolute Gasteiger partial charge is 0.325 e. The molecular weight excluding hydrogens is 364 g/mol. The normalized spacial score (nSPS) is 10.8. The van der Waals surface area contributed by atoms with E-state index in [0.717, 1.165) is 32.7 Å². The van der Waals surface area contributed by atoms with Gasteiger partial charge < -0.3 is 5.32 Å². The Kier molecular flexibility index (Phi) is 4.69. The molecule has 0 saturated heterocycles. The summed E-state index contributed by atoms with van der Waals surface area (Å²) in [7, 11) is 0. The highest BCUT2D eigenvalue weighted by Crippen LogP contribution is 2.27. The molecule has 0 aliphatic heterocycles. The van der Waals surface area contributed by atoms with Crippen molar-refractivity contribution in [1.82, 2.24) is 4.98 Å². The van der Waals surface area contributed by atoms with E-state index in [4.69, 9.17) is 11.6 Å². The molecule has 5 heteroatoms. The molecule has 0 aliphatic rings. The van der Waals surface area contributed by atoms with Crippen LogP contribution in [-0.4, -0.2) is 10.9 Å². The molecule has 26 heavy (non-hydrogen) atoms. The number of carbonyl (C=O) groups excluding carboxylic acids is 1. The number of aromatic nitrogens is 1. The van der Waals surface area contributed by atoms with E-state index in [1.165, 1.54) is 11.3 Å². The van der Waals surface area contributed by atoms with Crippen molar-refractivity contribution in [3.63, 3.8) is 0 Å². The third-order valence-electron chi connectivity index (χ3n) is 4.03. The molecule has 4 rings (SSSR count). The Balaban J connectivity index is 1.50. The van der Waals surface area contributed by atoms with E-state index in [9.17, 15) is 4.79 Å². The van der Waals surface area contributed by atoms with Gasteiger partial charge in [-0.3, -0.25) is 4.79 Å². The monoisotopic (exact) mass is 378 g/mol.